The van der Waals surface area contributed by atoms with Crippen molar-refractivity contribution in [1.29, 1.82) is 0 Å². The monoisotopic (exact) mass is 372 g/mol. The number of benzene rings is 1. The number of rotatable bonds is 5. The first kappa shape index (κ1) is 19.1. The fraction of sp³-hybridized carbons (Fsp3) is 0.267. The van der Waals surface area contributed by atoms with Crippen LogP contribution >= 0.6 is 0 Å². The molecule has 0 spiro atoms. The molecule has 0 radical (unpaired) electrons. The van der Waals surface area contributed by atoms with Gasteiger partial charge in [-0.25, -0.2) is 4.79 Å². The Morgan fingerprint density at radius 1 is 1.35 bits per heavy atom. The van der Waals surface area contributed by atoms with Crippen LogP contribution in [0, 0.1) is 17.0 Å². The highest BCUT2D eigenvalue weighted by Crippen LogP contribution is 2.34. The number of ketones is 1. The molecule has 0 fully saturated rings. The first-order chi connectivity index (χ1) is 12.1. The van der Waals surface area contributed by atoms with Crippen molar-refractivity contribution in [2.75, 3.05) is 6.61 Å². The van der Waals surface area contributed by atoms with Gasteiger partial charge in [0.2, 0.25) is 11.5 Å². The van der Waals surface area contributed by atoms with Gasteiger partial charge in [0, 0.05) is 6.07 Å². The normalized spacial score (nSPS) is 11.3. The molecule has 2 aromatic rings. The number of hydrogen-bond donors (Lipinski definition) is 0. The van der Waals surface area contributed by atoms with Crippen LogP contribution in [0.2, 0.25) is 0 Å². The number of ether oxygens (including phenoxy) is 1. The van der Waals surface area contributed by atoms with Crippen LogP contribution in [0.15, 0.2) is 22.7 Å². The minimum atomic E-state index is -4.82. The largest absolute Gasteiger partial charge is 0.461 e. The molecule has 0 bridgehead atoms. The summed E-state index contributed by atoms with van der Waals surface area (Å²) in [5.74, 6) is -2.21. The standard InChI is InChI=1S/C15H11F3N2O6/c1-3-25-14(22)12-11(7(2)26-19-12)13(21)9-5-4-8(15(16,17)18)6-10(9)20(23)24/h4-6H,3H2,1-2H3. The van der Waals surface area contributed by atoms with Crippen LogP contribution < -0.4 is 0 Å². The molecule has 138 valence electrons. The van der Waals surface area contributed by atoms with Crippen molar-refractivity contribution in [2.45, 2.75) is 20.0 Å². The molecule has 2 rings (SSSR count). The third-order valence-electron chi connectivity index (χ3n) is 3.32. The van der Waals surface area contributed by atoms with Crippen LogP contribution in [0.25, 0.3) is 0 Å². The van der Waals surface area contributed by atoms with Crippen LogP contribution in [-0.2, 0) is 10.9 Å². The van der Waals surface area contributed by atoms with E-state index in [0.29, 0.717) is 12.1 Å². The van der Waals surface area contributed by atoms with Gasteiger partial charge >= 0.3 is 12.1 Å². The van der Waals surface area contributed by atoms with E-state index in [0.717, 1.165) is 0 Å². The lowest BCUT2D eigenvalue weighted by Gasteiger charge is -2.08. The van der Waals surface area contributed by atoms with Gasteiger partial charge in [-0.05, 0) is 26.0 Å². The molecule has 11 heteroatoms. The van der Waals surface area contributed by atoms with Crippen molar-refractivity contribution in [2.24, 2.45) is 0 Å². The minimum Gasteiger partial charge on any atom is -0.461 e. The fourth-order valence-electron chi connectivity index (χ4n) is 2.16. The number of nitro benzene ring substituents is 1. The highest BCUT2D eigenvalue weighted by molar-refractivity contribution is 6.16. The molecule has 0 aliphatic heterocycles. The van der Waals surface area contributed by atoms with Gasteiger partial charge in [0.15, 0.2) is 0 Å². The Hall–Kier alpha value is -3.24. The molecule has 0 saturated carbocycles. The van der Waals surface area contributed by atoms with E-state index < -0.39 is 50.9 Å². The number of halogens is 3. The maximum atomic E-state index is 12.8. The smallest absolute Gasteiger partial charge is 0.416 e. The van der Waals surface area contributed by atoms with Crippen LogP contribution in [0.5, 0.6) is 0 Å². The zero-order valence-corrected chi connectivity index (χ0v) is 13.4. The minimum absolute atomic E-state index is 0.0290. The zero-order valence-electron chi connectivity index (χ0n) is 13.4. The highest BCUT2D eigenvalue weighted by atomic mass is 19.4. The van der Waals surface area contributed by atoms with Crippen molar-refractivity contribution in [1.82, 2.24) is 5.16 Å². The van der Waals surface area contributed by atoms with Gasteiger partial charge in [-0.15, -0.1) is 0 Å². The molecular formula is C15H11F3N2O6. The number of alkyl halides is 3. The first-order valence-corrected chi connectivity index (χ1v) is 7.11. The van der Waals surface area contributed by atoms with E-state index >= 15 is 0 Å². The summed E-state index contributed by atoms with van der Waals surface area (Å²) in [7, 11) is 0. The summed E-state index contributed by atoms with van der Waals surface area (Å²) in [5, 5.41) is 14.5. The summed E-state index contributed by atoms with van der Waals surface area (Å²) in [6, 6.07) is 1.46. The van der Waals surface area contributed by atoms with E-state index in [9.17, 15) is 32.9 Å². The zero-order chi connectivity index (χ0) is 19.6. The van der Waals surface area contributed by atoms with E-state index in [1.165, 1.54) is 13.8 Å². The molecule has 0 amide bonds. The molecule has 1 aromatic carbocycles. The molecule has 1 aromatic heterocycles. The molecule has 1 heterocycles. The average molecular weight is 372 g/mol. The predicted molar refractivity (Wildman–Crippen MR) is 78.7 cm³/mol. The second-order valence-electron chi connectivity index (χ2n) is 5.00. The third-order valence-corrected chi connectivity index (χ3v) is 3.32. The summed E-state index contributed by atoms with van der Waals surface area (Å²) in [4.78, 5) is 34.5. The Morgan fingerprint density at radius 2 is 2.00 bits per heavy atom. The summed E-state index contributed by atoms with van der Waals surface area (Å²) in [6.07, 6.45) is -4.82. The van der Waals surface area contributed by atoms with Gasteiger partial charge in [0.1, 0.15) is 16.9 Å². The Labute approximate surface area is 143 Å². The number of hydrogen-bond acceptors (Lipinski definition) is 7. The average Bonchev–Trinajstić information content (AvgIpc) is 2.94. The maximum absolute atomic E-state index is 12.8. The lowest BCUT2D eigenvalue weighted by Crippen LogP contribution is -2.14. The number of aromatic nitrogens is 1. The number of esters is 1. The maximum Gasteiger partial charge on any atom is 0.416 e. The van der Waals surface area contributed by atoms with Crippen molar-refractivity contribution in [3.8, 4) is 0 Å². The van der Waals surface area contributed by atoms with E-state index in [1.54, 1.807) is 0 Å². The van der Waals surface area contributed by atoms with Gasteiger partial charge in [-0.2, -0.15) is 13.2 Å². The molecule has 0 aliphatic carbocycles. The number of nitrogens with zero attached hydrogens (tertiary/aromatic N) is 2. The molecule has 0 saturated heterocycles. The van der Waals surface area contributed by atoms with E-state index in [4.69, 9.17) is 9.26 Å². The Morgan fingerprint density at radius 3 is 2.54 bits per heavy atom. The van der Waals surface area contributed by atoms with E-state index in [1.807, 2.05) is 0 Å². The molecule has 8 nitrogen and oxygen atoms in total. The van der Waals surface area contributed by atoms with Crippen LogP contribution in [-0.4, -0.2) is 28.4 Å². The number of carbonyl (C=O) groups excluding carboxylic acids is 2. The summed E-state index contributed by atoms with van der Waals surface area (Å²) in [6.45, 7) is 2.75. The highest BCUT2D eigenvalue weighted by Gasteiger charge is 2.36. The first-order valence-electron chi connectivity index (χ1n) is 7.11. The van der Waals surface area contributed by atoms with E-state index in [-0.39, 0.29) is 18.4 Å². The predicted octanol–water partition coefficient (Wildman–Crippen LogP) is 3.32. The second kappa shape index (κ2) is 6.94. The Bertz CT molecular complexity index is 888. The summed E-state index contributed by atoms with van der Waals surface area (Å²) >= 11 is 0. The SMILES string of the molecule is CCOC(=O)c1noc(C)c1C(=O)c1ccc(C(F)(F)F)cc1[N+](=O)[O-]. The Balaban J connectivity index is 2.60. The van der Waals surface area contributed by atoms with Crippen molar-refractivity contribution >= 4 is 17.4 Å². The summed E-state index contributed by atoms with van der Waals surface area (Å²) in [5.41, 5.74) is -3.90. The number of aryl methyl sites for hydroxylation is 1. The van der Waals surface area contributed by atoms with Crippen LogP contribution in [0.3, 0.4) is 0 Å². The van der Waals surface area contributed by atoms with Crippen molar-refractivity contribution < 1.29 is 36.9 Å². The number of nitro groups is 1. The fourth-order valence-corrected chi connectivity index (χ4v) is 2.16. The van der Waals surface area contributed by atoms with Crippen LogP contribution in [0.1, 0.15) is 44.7 Å². The topological polar surface area (TPSA) is 113 Å². The number of carbonyl (C=O) groups is 2. The molecule has 26 heavy (non-hydrogen) atoms. The third kappa shape index (κ3) is 3.55. The lowest BCUT2D eigenvalue weighted by molar-refractivity contribution is -0.385. The van der Waals surface area contributed by atoms with Gasteiger partial charge in [0.25, 0.3) is 5.69 Å². The molecule has 0 unspecified atom stereocenters. The molecule has 0 aliphatic rings. The van der Waals surface area contributed by atoms with Crippen molar-refractivity contribution in [3.05, 3.63) is 56.5 Å². The van der Waals surface area contributed by atoms with Gasteiger partial charge < -0.3 is 9.26 Å². The van der Waals surface area contributed by atoms with E-state index in [2.05, 4.69) is 5.16 Å². The van der Waals surface area contributed by atoms with Gasteiger partial charge in [0.05, 0.1) is 17.1 Å². The van der Waals surface area contributed by atoms with Crippen molar-refractivity contribution in [3.63, 3.8) is 0 Å². The summed E-state index contributed by atoms with van der Waals surface area (Å²) < 4.78 is 47.8. The Kier molecular flexibility index (Phi) is 5.10. The second-order valence-corrected chi connectivity index (χ2v) is 5.00. The molecule has 0 N–H and O–H groups in total. The molecule has 0 atom stereocenters. The quantitative estimate of drug-likeness (QED) is 0.342. The van der Waals surface area contributed by atoms with Gasteiger partial charge in [-0.3, -0.25) is 14.9 Å². The molecular weight excluding hydrogens is 361 g/mol. The van der Waals surface area contributed by atoms with Gasteiger partial charge in [-0.1, -0.05) is 5.16 Å². The lowest BCUT2D eigenvalue weighted by atomic mass is 9.98. The van der Waals surface area contributed by atoms with Crippen LogP contribution in [0.4, 0.5) is 18.9 Å².